The number of benzene rings is 2. The van der Waals surface area contributed by atoms with Crippen LogP contribution in [0.5, 0.6) is 0 Å². The quantitative estimate of drug-likeness (QED) is 0.831. The maximum absolute atomic E-state index is 12.3. The van der Waals surface area contributed by atoms with Crippen LogP contribution in [0, 0.1) is 13.8 Å². The number of esters is 1. The lowest BCUT2D eigenvalue weighted by Gasteiger charge is -2.16. The van der Waals surface area contributed by atoms with Gasteiger partial charge in [0.25, 0.3) is 5.91 Å². The Morgan fingerprint density at radius 1 is 1.08 bits per heavy atom. The van der Waals surface area contributed by atoms with Crippen LogP contribution in [0.4, 0.5) is 5.69 Å². The lowest BCUT2D eigenvalue weighted by Crippen LogP contribution is -2.31. The van der Waals surface area contributed by atoms with Crippen LogP contribution in [0.3, 0.4) is 0 Å². The molecule has 0 aliphatic rings. The summed E-state index contributed by atoms with van der Waals surface area (Å²) in [6.07, 6.45) is -0.861. The minimum atomic E-state index is -0.890. The van der Waals surface area contributed by atoms with E-state index in [0.717, 1.165) is 16.8 Å². The fourth-order valence-corrected chi connectivity index (χ4v) is 2.53. The molecule has 126 valence electrons. The van der Waals surface area contributed by atoms with E-state index in [2.05, 4.69) is 5.32 Å². The fraction of sp³-hybridized carbons (Fsp3) is 0.263. The molecule has 0 unspecified atom stereocenters. The van der Waals surface area contributed by atoms with Gasteiger partial charge in [-0.2, -0.15) is 0 Å². The van der Waals surface area contributed by atoms with Crippen molar-refractivity contribution < 1.29 is 14.3 Å². The Labute approximate surface area is 146 Å². The number of rotatable bonds is 5. The molecule has 0 saturated carbocycles. The topological polar surface area (TPSA) is 55.4 Å². The summed E-state index contributed by atoms with van der Waals surface area (Å²) >= 11 is 6.02. The summed E-state index contributed by atoms with van der Waals surface area (Å²) < 4.78 is 5.21. The molecular formula is C19H20ClNO3. The van der Waals surface area contributed by atoms with Gasteiger partial charge in [0.2, 0.25) is 0 Å². The Bertz CT molecular complexity index is 738. The van der Waals surface area contributed by atoms with Crippen molar-refractivity contribution in [3.8, 4) is 0 Å². The van der Waals surface area contributed by atoms with Crippen LogP contribution < -0.4 is 5.32 Å². The van der Waals surface area contributed by atoms with Gasteiger partial charge in [-0.1, -0.05) is 48.0 Å². The number of halogens is 1. The second-order valence-corrected chi connectivity index (χ2v) is 6.06. The minimum absolute atomic E-state index is 0.0285. The molecule has 1 atom stereocenters. The van der Waals surface area contributed by atoms with Crippen LogP contribution in [0.25, 0.3) is 0 Å². The Morgan fingerprint density at radius 3 is 2.33 bits per heavy atom. The van der Waals surface area contributed by atoms with E-state index in [0.29, 0.717) is 10.6 Å². The van der Waals surface area contributed by atoms with E-state index < -0.39 is 12.1 Å². The van der Waals surface area contributed by atoms with Gasteiger partial charge in [-0.3, -0.25) is 9.59 Å². The Kier molecular flexibility index (Phi) is 5.99. The predicted octanol–water partition coefficient (Wildman–Crippen LogP) is 4.07. The van der Waals surface area contributed by atoms with Gasteiger partial charge in [0, 0.05) is 10.7 Å². The third kappa shape index (κ3) is 4.59. The summed E-state index contributed by atoms with van der Waals surface area (Å²) in [7, 11) is 0. The summed E-state index contributed by atoms with van der Waals surface area (Å²) in [6.45, 7) is 5.38. The van der Waals surface area contributed by atoms with Crippen molar-refractivity contribution in [3.63, 3.8) is 0 Å². The largest absolute Gasteiger partial charge is 0.452 e. The Balaban J connectivity index is 1.96. The standard InChI is InChI=1S/C19H20ClNO3/c1-12-7-6-8-13(2)18(12)21-19(23)14(3)24-17(22)11-15-9-4-5-10-16(15)20/h4-10,14H,11H2,1-3H3,(H,21,23)/t14-/m1/s1. The van der Waals surface area contributed by atoms with Crippen molar-refractivity contribution >= 4 is 29.2 Å². The molecule has 4 nitrogen and oxygen atoms in total. The average Bonchev–Trinajstić information content (AvgIpc) is 2.53. The third-order valence-electron chi connectivity index (χ3n) is 3.70. The minimum Gasteiger partial charge on any atom is -0.452 e. The van der Waals surface area contributed by atoms with Crippen LogP contribution in [0.2, 0.25) is 5.02 Å². The number of para-hydroxylation sites is 1. The van der Waals surface area contributed by atoms with Crippen molar-refractivity contribution in [1.29, 1.82) is 0 Å². The number of carbonyl (C=O) groups excluding carboxylic acids is 2. The molecule has 0 aliphatic carbocycles. The van der Waals surface area contributed by atoms with Gasteiger partial charge in [-0.05, 0) is 43.5 Å². The van der Waals surface area contributed by atoms with E-state index in [1.807, 2.05) is 32.0 Å². The molecule has 0 saturated heterocycles. The number of ether oxygens (including phenoxy) is 1. The molecular weight excluding hydrogens is 326 g/mol. The zero-order chi connectivity index (χ0) is 17.7. The van der Waals surface area contributed by atoms with Crippen LogP contribution in [-0.4, -0.2) is 18.0 Å². The molecule has 2 aromatic carbocycles. The van der Waals surface area contributed by atoms with Crippen molar-refractivity contribution in [1.82, 2.24) is 0 Å². The first-order valence-electron chi connectivity index (χ1n) is 7.68. The number of hydrogen-bond donors (Lipinski definition) is 1. The summed E-state index contributed by atoms with van der Waals surface area (Å²) in [5.74, 6) is -0.854. The molecule has 2 aromatic rings. The lowest BCUT2D eigenvalue weighted by atomic mass is 10.1. The fourth-order valence-electron chi connectivity index (χ4n) is 2.33. The molecule has 1 N–H and O–H groups in total. The van der Waals surface area contributed by atoms with E-state index in [1.54, 1.807) is 31.2 Å². The Hall–Kier alpha value is -2.33. The van der Waals surface area contributed by atoms with Gasteiger partial charge >= 0.3 is 5.97 Å². The molecule has 0 aliphatic heterocycles. The number of carbonyl (C=O) groups is 2. The van der Waals surface area contributed by atoms with Crippen molar-refractivity contribution in [2.24, 2.45) is 0 Å². The normalized spacial score (nSPS) is 11.7. The van der Waals surface area contributed by atoms with Gasteiger partial charge in [-0.25, -0.2) is 0 Å². The van der Waals surface area contributed by atoms with Gasteiger partial charge in [0.15, 0.2) is 6.10 Å². The highest BCUT2D eigenvalue weighted by molar-refractivity contribution is 6.31. The first kappa shape index (κ1) is 18.0. The molecule has 0 heterocycles. The van der Waals surface area contributed by atoms with E-state index in [1.165, 1.54) is 0 Å². The molecule has 5 heteroatoms. The average molecular weight is 346 g/mol. The molecule has 0 fully saturated rings. The van der Waals surface area contributed by atoms with E-state index >= 15 is 0 Å². The molecule has 0 aromatic heterocycles. The first-order valence-corrected chi connectivity index (χ1v) is 8.06. The highest BCUT2D eigenvalue weighted by atomic mass is 35.5. The number of amides is 1. The van der Waals surface area contributed by atoms with Crippen LogP contribution >= 0.6 is 11.6 Å². The van der Waals surface area contributed by atoms with Crippen LogP contribution in [0.15, 0.2) is 42.5 Å². The monoisotopic (exact) mass is 345 g/mol. The second kappa shape index (κ2) is 7.97. The molecule has 2 rings (SSSR count). The van der Waals surface area contributed by atoms with E-state index in [9.17, 15) is 9.59 Å². The van der Waals surface area contributed by atoms with Crippen molar-refractivity contribution in [3.05, 3.63) is 64.2 Å². The zero-order valence-corrected chi connectivity index (χ0v) is 14.7. The summed E-state index contributed by atoms with van der Waals surface area (Å²) in [4.78, 5) is 24.3. The maximum atomic E-state index is 12.3. The number of hydrogen-bond acceptors (Lipinski definition) is 3. The maximum Gasteiger partial charge on any atom is 0.311 e. The van der Waals surface area contributed by atoms with Gasteiger partial charge in [0.1, 0.15) is 0 Å². The summed E-state index contributed by atoms with van der Waals surface area (Å²) in [6, 6.07) is 12.8. The second-order valence-electron chi connectivity index (χ2n) is 5.66. The van der Waals surface area contributed by atoms with E-state index in [4.69, 9.17) is 16.3 Å². The molecule has 0 radical (unpaired) electrons. The van der Waals surface area contributed by atoms with E-state index in [-0.39, 0.29) is 12.3 Å². The SMILES string of the molecule is Cc1cccc(C)c1NC(=O)[C@@H](C)OC(=O)Cc1ccccc1Cl. The smallest absolute Gasteiger partial charge is 0.311 e. The highest BCUT2D eigenvalue weighted by Crippen LogP contribution is 2.20. The van der Waals surface area contributed by atoms with Gasteiger partial charge < -0.3 is 10.1 Å². The van der Waals surface area contributed by atoms with Gasteiger partial charge in [-0.15, -0.1) is 0 Å². The summed E-state index contributed by atoms with van der Waals surface area (Å²) in [5, 5.41) is 3.32. The number of nitrogens with one attached hydrogen (secondary N) is 1. The molecule has 24 heavy (non-hydrogen) atoms. The summed E-state index contributed by atoms with van der Waals surface area (Å²) in [5.41, 5.74) is 3.33. The van der Waals surface area contributed by atoms with Crippen molar-refractivity contribution in [2.45, 2.75) is 33.3 Å². The number of aryl methyl sites for hydroxylation is 2. The van der Waals surface area contributed by atoms with Gasteiger partial charge in [0.05, 0.1) is 6.42 Å². The predicted molar refractivity (Wildman–Crippen MR) is 95.3 cm³/mol. The van der Waals surface area contributed by atoms with Crippen LogP contribution in [-0.2, 0) is 20.7 Å². The zero-order valence-electron chi connectivity index (χ0n) is 13.9. The third-order valence-corrected chi connectivity index (χ3v) is 4.07. The Morgan fingerprint density at radius 2 is 1.71 bits per heavy atom. The lowest BCUT2D eigenvalue weighted by molar-refractivity contribution is -0.152. The molecule has 1 amide bonds. The first-order chi connectivity index (χ1) is 11.4. The van der Waals surface area contributed by atoms with Crippen LogP contribution in [0.1, 0.15) is 23.6 Å². The van der Waals surface area contributed by atoms with Crippen molar-refractivity contribution in [2.75, 3.05) is 5.32 Å². The highest BCUT2D eigenvalue weighted by Gasteiger charge is 2.19. The number of anilines is 1. The molecule has 0 bridgehead atoms. The molecule has 0 spiro atoms.